The van der Waals surface area contributed by atoms with E-state index in [4.69, 9.17) is 0 Å². The Labute approximate surface area is 106 Å². The standard InChI is InChI=1S/C14H27N3/c1-5-6-7-8-9-13(4)16-14-10-15-17(11-14)12(2)3/h10-13,16H,5-9H2,1-4H3. The Balaban J connectivity index is 2.27. The van der Waals surface area contributed by atoms with E-state index in [1.807, 2.05) is 10.9 Å². The van der Waals surface area contributed by atoms with E-state index >= 15 is 0 Å². The lowest BCUT2D eigenvalue weighted by Gasteiger charge is -2.13. The SMILES string of the molecule is CCCCCCC(C)Nc1cnn(C(C)C)c1. The van der Waals surface area contributed by atoms with Crippen molar-refractivity contribution in [2.75, 3.05) is 5.32 Å². The van der Waals surface area contributed by atoms with Crippen LogP contribution in [0.1, 0.15) is 65.8 Å². The van der Waals surface area contributed by atoms with Gasteiger partial charge >= 0.3 is 0 Å². The summed E-state index contributed by atoms with van der Waals surface area (Å²) >= 11 is 0. The Bertz CT molecular complexity index is 304. The number of nitrogens with one attached hydrogen (secondary N) is 1. The molecule has 0 fully saturated rings. The highest BCUT2D eigenvalue weighted by Gasteiger charge is 2.05. The number of hydrogen-bond donors (Lipinski definition) is 1. The van der Waals surface area contributed by atoms with Crippen LogP contribution in [0.15, 0.2) is 12.4 Å². The van der Waals surface area contributed by atoms with Crippen LogP contribution in [0.5, 0.6) is 0 Å². The molecule has 1 N–H and O–H groups in total. The van der Waals surface area contributed by atoms with Gasteiger partial charge in [0, 0.05) is 18.3 Å². The predicted molar refractivity (Wildman–Crippen MR) is 74.5 cm³/mol. The summed E-state index contributed by atoms with van der Waals surface area (Å²) in [6.45, 7) is 8.79. The molecule has 0 aliphatic carbocycles. The van der Waals surface area contributed by atoms with Crippen molar-refractivity contribution in [1.82, 2.24) is 9.78 Å². The van der Waals surface area contributed by atoms with Crippen molar-refractivity contribution in [3.8, 4) is 0 Å². The van der Waals surface area contributed by atoms with Crippen molar-refractivity contribution in [3.63, 3.8) is 0 Å². The maximum absolute atomic E-state index is 4.33. The minimum absolute atomic E-state index is 0.436. The summed E-state index contributed by atoms with van der Waals surface area (Å²) in [5.41, 5.74) is 1.14. The molecule has 3 nitrogen and oxygen atoms in total. The lowest BCUT2D eigenvalue weighted by atomic mass is 10.1. The van der Waals surface area contributed by atoms with E-state index in [2.05, 4.69) is 44.3 Å². The zero-order valence-corrected chi connectivity index (χ0v) is 11.7. The first-order valence-corrected chi connectivity index (χ1v) is 6.94. The van der Waals surface area contributed by atoms with E-state index in [0.29, 0.717) is 12.1 Å². The Morgan fingerprint density at radius 1 is 1.24 bits per heavy atom. The number of rotatable bonds is 8. The normalized spacial score (nSPS) is 13.0. The molecule has 0 radical (unpaired) electrons. The fraction of sp³-hybridized carbons (Fsp3) is 0.786. The van der Waals surface area contributed by atoms with Crippen molar-refractivity contribution in [3.05, 3.63) is 12.4 Å². The monoisotopic (exact) mass is 237 g/mol. The highest BCUT2D eigenvalue weighted by atomic mass is 15.3. The van der Waals surface area contributed by atoms with Gasteiger partial charge < -0.3 is 5.32 Å². The maximum Gasteiger partial charge on any atom is 0.0728 e. The van der Waals surface area contributed by atoms with E-state index in [0.717, 1.165) is 5.69 Å². The van der Waals surface area contributed by atoms with Gasteiger partial charge in [0.05, 0.1) is 11.9 Å². The van der Waals surface area contributed by atoms with Crippen LogP contribution in [-0.2, 0) is 0 Å². The van der Waals surface area contributed by atoms with Crippen LogP contribution in [0.4, 0.5) is 5.69 Å². The van der Waals surface area contributed by atoms with Crippen molar-refractivity contribution < 1.29 is 0 Å². The summed E-state index contributed by atoms with van der Waals surface area (Å²) in [6, 6.07) is 0.974. The zero-order valence-electron chi connectivity index (χ0n) is 11.7. The average molecular weight is 237 g/mol. The number of hydrogen-bond acceptors (Lipinski definition) is 2. The summed E-state index contributed by atoms with van der Waals surface area (Å²) in [5, 5.41) is 7.84. The van der Waals surface area contributed by atoms with Crippen LogP contribution >= 0.6 is 0 Å². The maximum atomic E-state index is 4.33. The van der Waals surface area contributed by atoms with E-state index < -0.39 is 0 Å². The minimum atomic E-state index is 0.436. The molecule has 1 unspecified atom stereocenters. The molecule has 0 saturated carbocycles. The topological polar surface area (TPSA) is 29.9 Å². The molecule has 1 atom stereocenters. The smallest absolute Gasteiger partial charge is 0.0728 e. The fourth-order valence-electron chi connectivity index (χ4n) is 1.93. The van der Waals surface area contributed by atoms with Gasteiger partial charge in [0.15, 0.2) is 0 Å². The molecule has 0 amide bonds. The lowest BCUT2D eigenvalue weighted by Crippen LogP contribution is -2.14. The van der Waals surface area contributed by atoms with Gasteiger partial charge in [0.2, 0.25) is 0 Å². The summed E-state index contributed by atoms with van der Waals surface area (Å²) in [5.74, 6) is 0. The van der Waals surface area contributed by atoms with Crippen molar-refractivity contribution in [2.24, 2.45) is 0 Å². The Morgan fingerprint density at radius 2 is 2.00 bits per heavy atom. The molecule has 1 rings (SSSR count). The number of anilines is 1. The molecular weight excluding hydrogens is 210 g/mol. The summed E-state index contributed by atoms with van der Waals surface area (Å²) < 4.78 is 1.99. The first-order chi connectivity index (χ1) is 8.13. The zero-order chi connectivity index (χ0) is 12.7. The first kappa shape index (κ1) is 14.1. The summed E-state index contributed by atoms with van der Waals surface area (Å²) in [7, 11) is 0. The van der Waals surface area contributed by atoms with E-state index in [-0.39, 0.29) is 0 Å². The Hall–Kier alpha value is -0.990. The number of nitrogens with zero attached hydrogens (tertiary/aromatic N) is 2. The van der Waals surface area contributed by atoms with Crippen LogP contribution in [0.2, 0.25) is 0 Å². The fourth-order valence-corrected chi connectivity index (χ4v) is 1.93. The minimum Gasteiger partial charge on any atom is -0.380 e. The molecule has 1 aromatic heterocycles. The van der Waals surface area contributed by atoms with Crippen LogP contribution in [0, 0.1) is 0 Å². The second-order valence-electron chi connectivity index (χ2n) is 5.20. The molecule has 0 aromatic carbocycles. The van der Waals surface area contributed by atoms with Gasteiger partial charge in [0.25, 0.3) is 0 Å². The van der Waals surface area contributed by atoms with Gasteiger partial charge in [-0.3, -0.25) is 4.68 Å². The van der Waals surface area contributed by atoms with Gasteiger partial charge in [-0.1, -0.05) is 32.6 Å². The van der Waals surface area contributed by atoms with Gasteiger partial charge in [-0.05, 0) is 27.2 Å². The van der Waals surface area contributed by atoms with E-state index in [9.17, 15) is 0 Å². The van der Waals surface area contributed by atoms with Crippen molar-refractivity contribution in [2.45, 2.75) is 71.9 Å². The molecule has 98 valence electrons. The molecule has 0 aliphatic heterocycles. The highest BCUT2D eigenvalue weighted by molar-refractivity contribution is 5.39. The number of unbranched alkanes of at least 4 members (excludes halogenated alkanes) is 3. The second-order valence-corrected chi connectivity index (χ2v) is 5.20. The van der Waals surface area contributed by atoms with Gasteiger partial charge in [-0.15, -0.1) is 0 Å². The number of aromatic nitrogens is 2. The molecule has 0 spiro atoms. The molecule has 3 heteroatoms. The van der Waals surface area contributed by atoms with Gasteiger partial charge in [-0.2, -0.15) is 5.10 Å². The molecular formula is C14H27N3. The van der Waals surface area contributed by atoms with E-state index in [1.165, 1.54) is 32.1 Å². The molecule has 17 heavy (non-hydrogen) atoms. The predicted octanol–water partition coefficient (Wildman–Crippen LogP) is 4.23. The van der Waals surface area contributed by atoms with Crippen LogP contribution < -0.4 is 5.32 Å². The molecule has 0 aliphatic rings. The van der Waals surface area contributed by atoms with Gasteiger partial charge in [0.1, 0.15) is 0 Å². The molecule has 1 heterocycles. The average Bonchev–Trinajstić information content (AvgIpc) is 2.73. The lowest BCUT2D eigenvalue weighted by molar-refractivity contribution is 0.532. The first-order valence-electron chi connectivity index (χ1n) is 6.94. The van der Waals surface area contributed by atoms with Crippen LogP contribution in [-0.4, -0.2) is 15.8 Å². The third kappa shape index (κ3) is 5.24. The quantitative estimate of drug-likeness (QED) is 0.685. The summed E-state index contributed by atoms with van der Waals surface area (Å²) in [6.07, 6.45) is 10.6. The van der Waals surface area contributed by atoms with Crippen LogP contribution in [0.3, 0.4) is 0 Å². The third-order valence-corrected chi connectivity index (χ3v) is 3.03. The summed E-state index contributed by atoms with van der Waals surface area (Å²) in [4.78, 5) is 0. The van der Waals surface area contributed by atoms with Crippen LogP contribution in [0.25, 0.3) is 0 Å². The highest BCUT2D eigenvalue weighted by Crippen LogP contribution is 2.13. The molecule has 1 aromatic rings. The molecule has 0 saturated heterocycles. The Kier molecular flexibility index (Phi) is 6.09. The third-order valence-electron chi connectivity index (χ3n) is 3.03. The van der Waals surface area contributed by atoms with Crippen molar-refractivity contribution >= 4 is 5.69 Å². The van der Waals surface area contributed by atoms with E-state index in [1.54, 1.807) is 0 Å². The largest absolute Gasteiger partial charge is 0.380 e. The Morgan fingerprint density at radius 3 is 2.59 bits per heavy atom. The van der Waals surface area contributed by atoms with Gasteiger partial charge in [-0.25, -0.2) is 0 Å². The second kappa shape index (κ2) is 7.36. The van der Waals surface area contributed by atoms with Crippen molar-refractivity contribution in [1.29, 1.82) is 0 Å². The molecule has 0 bridgehead atoms.